The molecule has 0 unspecified atom stereocenters. The topological polar surface area (TPSA) is 84.2 Å². The van der Waals surface area contributed by atoms with Crippen molar-refractivity contribution >= 4 is 29.1 Å². The average molecular weight is 338 g/mol. The van der Waals surface area contributed by atoms with Gasteiger partial charge in [0.25, 0.3) is 5.91 Å². The smallest absolute Gasteiger partial charge is 0.253 e. The van der Waals surface area contributed by atoms with E-state index in [1.165, 1.54) is 0 Å². The van der Waals surface area contributed by atoms with E-state index in [0.717, 1.165) is 25.7 Å². The van der Waals surface area contributed by atoms with Crippen LogP contribution >= 0.6 is 11.6 Å². The van der Waals surface area contributed by atoms with E-state index in [0.29, 0.717) is 16.3 Å². The molecule has 1 saturated carbocycles. The van der Waals surface area contributed by atoms with Crippen LogP contribution in [0.15, 0.2) is 18.2 Å². The van der Waals surface area contributed by atoms with Gasteiger partial charge in [-0.25, -0.2) is 0 Å². The van der Waals surface area contributed by atoms with Gasteiger partial charge in [0.2, 0.25) is 5.91 Å². The molecule has 1 aromatic carbocycles. The van der Waals surface area contributed by atoms with Gasteiger partial charge in [-0.2, -0.15) is 0 Å². The van der Waals surface area contributed by atoms with Gasteiger partial charge in [0, 0.05) is 23.7 Å². The number of anilines is 1. The number of amides is 2. The lowest BCUT2D eigenvalue weighted by Gasteiger charge is -2.27. The zero-order valence-electron chi connectivity index (χ0n) is 13.6. The number of nitrogens with one attached hydrogen (secondary N) is 2. The van der Waals surface area contributed by atoms with Crippen molar-refractivity contribution in [2.45, 2.75) is 51.6 Å². The van der Waals surface area contributed by atoms with E-state index in [-0.39, 0.29) is 29.8 Å². The maximum Gasteiger partial charge on any atom is 0.253 e. The fourth-order valence-corrected chi connectivity index (χ4v) is 2.79. The molecule has 1 aliphatic carbocycles. The lowest BCUT2D eigenvalue weighted by Crippen LogP contribution is -2.40. The molecule has 1 aromatic rings. The fraction of sp³-hybridized carbons (Fsp3) is 0.529. The molecule has 0 spiro atoms. The van der Waals surface area contributed by atoms with Crippen molar-refractivity contribution in [1.82, 2.24) is 5.32 Å². The van der Waals surface area contributed by atoms with Gasteiger partial charge in [-0.05, 0) is 43.9 Å². The maximum absolute atomic E-state index is 12.4. The number of carbonyl (C=O) groups excluding carboxylic acids is 2. The molecule has 0 radical (unpaired) electrons. The standard InChI is InChI=1S/C17H24ClN3O2/c1-10(2)16(22)21-13-7-8-15(18)14(9-13)17(23)20-12-5-3-11(19)4-6-12/h7-12H,3-6,19H2,1-2H3,(H,20,23)(H,21,22). The summed E-state index contributed by atoms with van der Waals surface area (Å²) in [5, 5.41) is 6.16. The van der Waals surface area contributed by atoms with Gasteiger partial charge in [0.15, 0.2) is 0 Å². The van der Waals surface area contributed by atoms with Gasteiger partial charge >= 0.3 is 0 Å². The van der Waals surface area contributed by atoms with E-state index in [2.05, 4.69) is 10.6 Å². The molecule has 0 aliphatic heterocycles. The highest BCUT2D eigenvalue weighted by molar-refractivity contribution is 6.34. The van der Waals surface area contributed by atoms with Gasteiger partial charge in [0.1, 0.15) is 0 Å². The highest BCUT2D eigenvalue weighted by Crippen LogP contribution is 2.23. The molecule has 4 N–H and O–H groups in total. The second-order valence-electron chi connectivity index (χ2n) is 6.42. The summed E-state index contributed by atoms with van der Waals surface area (Å²) in [5.74, 6) is -0.439. The molecule has 1 fully saturated rings. The van der Waals surface area contributed by atoms with E-state index in [1.54, 1.807) is 18.2 Å². The van der Waals surface area contributed by atoms with E-state index in [9.17, 15) is 9.59 Å². The van der Waals surface area contributed by atoms with E-state index in [1.807, 2.05) is 13.8 Å². The first-order chi connectivity index (χ1) is 10.9. The van der Waals surface area contributed by atoms with E-state index >= 15 is 0 Å². The quantitative estimate of drug-likeness (QED) is 0.789. The summed E-state index contributed by atoms with van der Waals surface area (Å²) in [6, 6.07) is 5.31. The molecule has 0 aromatic heterocycles. The highest BCUT2D eigenvalue weighted by atomic mass is 35.5. The summed E-state index contributed by atoms with van der Waals surface area (Å²) in [4.78, 5) is 24.2. The Morgan fingerprint density at radius 3 is 2.48 bits per heavy atom. The van der Waals surface area contributed by atoms with Crippen molar-refractivity contribution in [3.8, 4) is 0 Å². The van der Waals surface area contributed by atoms with Crippen LogP contribution in [0.25, 0.3) is 0 Å². The normalized spacial score (nSPS) is 21.1. The number of hydrogen-bond donors (Lipinski definition) is 3. The molecule has 2 rings (SSSR count). The van der Waals surface area contributed by atoms with Crippen LogP contribution in [0.3, 0.4) is 0 Å². The number of nitrogens with two attached hydrogens (primary N) is 1. The molecule has 23 heavy (non-hydrogen) atoms. The number of halogens is 1. The first-order valence-corrected chi connectivity index (χ1v) is 8.41. The Labute approximate surface area is 142 Å². The fourth-order valence-electron chi connectivity index (χ4n) is 2.59. The Bertz CT molecular complexity index is 581. The molecule has 0 saturated heterocycles. The lowest BCUT2D eigenvalue weighted by atomic mass is 9.91. The van der Waals surface area contributed by atoms with Crippen molar-refractivity contribution in [3.05, 3.63) is 28.8 Å². The lowest BCUT2D eigenvalue weighted by molar-refractivity contribution is -0.118. The third-order valence-corrected chi connectivity index (χ3v) is 4.44. The van der Waals surface area contributed by atoms with Crippen LogP contribution in [0, 0.1) is 5.92 Å². The number of benzene rings is 1. The van der Waals surface area contributed by atoms with Crippen molar-refractivity contribution in [3.63, 3.8) is 0 Å². The monoisotopic (exact) mass is 337 g/mol. The third-order valence-electron chi connectivity index (χ3n) is 4.11. The summed E-state index contributed by atoms with van der Waals surface area (Å²) in [7, 11) is 0. The highest BCUT2D eigenvalue weighted by Gasteiger charge is 2.22. The summed E-state index contributed by atoms with van der Waals surface area (Å²) >= 11 is 6.14. The van der Waals surface area contributed by atoms with Crippen LogP contribution < -0.4 is 16.4 Å². The summed E-state index contributed by atoms with van der Waals surface area (Å²) < 4.78 is 0. The Morgan fingerprint density at radius 2 is 1.87 bits per heavy atom. The van der Waals surface area contributed by atoms with Crippen LogP contribution in [-0.4, -0.2) is 23.9 Å². The molecule has 0 heterocycles. The second kappa shape index (κ2) is 7.79. The molecular formula is C17H24ClN3O2. The minimum absolute atomic E-state index is 0.0973. The van der Waals surface area contributed by atoms with Gasteiger partial charge in [-0.15, -0.1) is 0 Å². The summed E-state index contributed by atoms with van der Waals surface area (Å²) in [6.45, 7) is 3.62. The maximum atomic E-state index is 12.4. The van der Waals surface area contributed by atoms with Crippen molar-refractivity contribution in [2.24, 2.45) is 11.7 Å². The average Bonchev–Trinajstić information content (AvgIpc) is 2.51. The zero-order valence-corrected chi connectivity index (χ0v) is 14.3. The molecule has 6 heteroatoms. The predicted octanol–water partition coefficient (Wildman–Crippen LogP) is 2.93. The summed E-state index contributed by atoms with van der Waals surface area (Å²) in [6.07, 6.45) is 3.61. The van der Waals surface area contributed by atoms with Crippen LogP contribution in [0.1, 0.15) is 49.9 Å². The molecular weight excluding hydrogens is 314 g/mol. The molecule has 1 aliphatic rings. The number of hydrogen-bond acceptors (Lipinski definition) is 3. The first kappa shape index (κ1) is 17.8. The summed E-state index contributed by atoms with van der Waals surface area (Å²) in [5.41, 5.74) is 6.83. The second-order valence-corrected chi connectivity index (χ2v) is 6.83. The van der Waals surface area contributed by atoms with Gasteiger partial charge in [0.05, 0.1) is 10.6 Å². The van der Waals surface area contributed by atoms with Gasteiger partial charge in [-0.1, -0.05) is 25.4 Å². The zero-order chi connectivity index (χ0) is 17.0. The van der Waals surface area contributed by atoms with Gasteiger partial charge in [-0.3, -0.25) is 9.59 Å². The Hall–Kier alpha value is -1.59. The van der Waals surface area contributed by atoms with Crippen molar-refractivity contribution < 1.29 is 9.59 Å². The molecule has 126 valence electrons. The van der Waals surface area contributed by atoms with Crippen molar-refractivity contribution in [2.75, 3.05) is 5.32 Å². The first-order valence-electron chi connectivity index (χ1n) is 8.03. The van der Waals surface area contributed by atoms with Crippen LogP contribution in [0.2, 0.25) is 5.02 Å². The molecule has 5 nitrogen and oxygen atoms in total. The molecule has 0 atom stereocenters. The van der Waals surface area contributed by atoms with Gasteiger partial charge < -0.3 is 16.4 Å². The minimum atomic E-state index is -0.212. The molecule has 2 amide bonds. The van der Waals surface area contributed by atoms with Crippen LogP contribution in [-0.2, 0) is 4.79 Å². The molecule has 0 bridgehead atoms. The Morgan fingerprint density at radius 1 is 1.22 bits per heavy atom. The largest absolute Gasteiger partial charge is 0.349 e. The van der Waals surface area contributed by atoms with E-state index < -0.39 is 0 Å². The minimum Gasteiger partial charge on any atom is -0.349 e. The van der Waals surface area contributed by atoms with Crippen LogP contribution in [0.4, 0.5) is 5.69 Å². The van der Waals surface area contributed by atoms with Crippen molar-refractivity contribution in [1.29, 1.82) is 0 Å². The predicted molar refractivity (Wildman–Crippen MR) is 92.6 cm³/mol. The van der Waals surface area contributed by atoms with E-state index in [4.69, 9.17) is 17.3 Å². The Balaban J connectivity index is 2.05. The van der Waals surface area contributed by atoms with Crippen LogP contribution in [0.5, 0.6) is 0 Å². The number of carbonyl (C=O) groups is 2. The Kier molecular flexibility index (Phi) is 6.02. The number of rotatable bonds is 4. The SMILES string of the molecule is CC(C)C(=O)Nc1ccc(Cl)c(C(=O)NC2CCC(N)CC2)c1. The third kappa shape index (κ3) is 4.94.